The zero-order valence-electron chi connectivity index (χ0n) is 10.0. The number of hydrogen-bond donors (Lipinski definition) is 2. The van der Waals surface area contributed by atoms with E-state index in [2.05, 4.69) is 10.3 Å². The fourth-order valence-electron chi connectivity index (χ4n) is 2.15. The lowest BCUT2D eigenvalue weighted by Crippen LogP contribution is -2.36. The van der Waals surface area contributed by atoms with Gasteiger partial charge in [-0.05, 0) is 18.9 Å². The van der Waals surface area contributed by atoms with Gasteiger partial charge in [-0.15, -0.1) is 0 Å². The Morgan fingerprint density at radius 2 is 2.00 bits per heavy atom. The van der Waals surface area contributed by atoms with Crippen molar-refractivity contribution in [2.24, 2.45) is 0 Å². The van der Waals surface area contributed by atoms with E-state index in [0.29, 0.717) is 6.42 Å². The Balaban J connectivity index is 2.13. The number of pyridine rings is 1. The second-order valence-corrected chi connectivity index (χ2v) is 5.06. The number of aromatic nitrogens is 1. The SMILES string of the molecule is O[C@@H]1CCCC[C@@H]1Nc1ncc(C(F)(F)F)cc1Cl. The van der Waals surface area contributed by atoms with Crippen LogP contribution in [0.15, 0.2) is 12.3 Å². The monoisotopic (exact) mass is 294 g/mol. The first-order chi connectivity index (χ1) is 8.88. The van der Waals surface area contributed by atoms with Crippen LogP contribution in [0.5, 0.6) is 0 Å². The largest absolute Gasteiger partial charge is 0.417 e. The first kappa shape index (κ1) is 14.4. The molecule has 1 heterocycles. The van der Waals surface area contributed by atoms with E-state index < -0.39 is 17.8 Å². The molecule has 2 atom stereocenters. The van der Waals surface area contributed by atoms with E-state index in [1.807, 2.05) is 0 Å². The topological polar surface area (TPSA) is 45.1 Å². The second-order valence-electron chi connectivity index (χ2n) is 4.65. The third-order valence-electron chi connectivity index (χ3n) is 3.22. The van der Waals surface area contributed by atoms with Crippen LogP contribution in [-0.4, -0.2) is 22.2 Å². The highest BCUT2D eigenvalue weighted by Crippen LogP contribution is 2.33. The minimum Gasteiger partial charge on any atom is -0.391 e. The number of anilines is 1. The van der Waals surface area contributed by atoms with E-state index in [-0.39, 0.29) is 16.9 Å². The van der Waals surface area contributed by atoms with Crippen molar-refractivity contribution in [1.29, 1.82) is 0 Å². The summed E-state index contributed by atoms with van der Waals surface area (Å²) in [6, 6.07) is 0.627. The maximum Gasteiger partial charge on any atom is 0.417 e. The van der Waals surface area contributed by atoms with Crippen LogP contribution in [0.2, 0.25) is 5.02 Å². The van der Waals surface area contributed by atoms with Crippen LogP contribution in [0.4, 0.5) is 19.0 Å². The van der Waals surface area contributed by atoms with Gasteiger partial charge in [0.25, 0.3) is 0 Å². The Hall–Kier alpha value is -1.01. The molecule has 2 rings (SSSR count). The van der Waals surface area contributed by atoms with Gasteiger partial charge in [0.1, 0.15) is 5.82 Å². The number of alkyl halides is 3. The Bertz CT molecular complexity index is 453. The number of rotatable bonds is 2. The van der Waals surface area contributed by atoms with Gasteiger partial charge in [0.05, 0.1) is 22.7 Å². The van der Waals surface area contributed by atoms with Crippen molar-refractivity contribution < 1.29 is 18.3 Å². The number of aliphatic hydroxyl groups is 1. The minimum atomic E-state index is -4.46. The van der Waals surface area contributed by atoms with Crippen LogP contribution in [0.25, 0.3) is 0 Å². The molecule has 0 aliphatic heterocycles. The third-order valence-corrected chi connectivity index (χ3v) is 3.51. The van der Waals surface area contributed by atoms with Gasteiger partial charge in [-0.25, -0.2) is 4.98 Å². The number of nitrogens with zero attached hydrogens (tertiary/aromatic N) is 1. The van der Waals surface area contributed by atoms with Gasteiger partial charge in [-0.3, -0.25) is 0 Å². The normalized spacial score (nSPS) is 24.3. The van der Waals surface area contributed by atoms with E-state index in [1.54, 1.807) is 0 Å². The van der Waals surface area contributed by atoms with E-state index in [0.717, 1.165) is 31.5 Å². The highest BCUT2D eigenvalue weighted by atomic mass is 35.5. The number of hydrogen-bond acceptors (Lipinski definition) is 3. The fraction of sp³-hybridized carbons (Fsp3) is 0.583. The molecule has 3 nitrogen and oxygen atoms in total. The van der Waals surface area contributed by atoms with E-state index in [9.17, 15) is 18.3 Å². The molecule has 19 heavy (non-hydrogen) atoms. The van der Waals surface area contributed by atoms with E-state index in [4.69, 9.17) is 11.6 Å². The summed E-state index contributed by atoms with van der Waals surface area (Å²) in [5.74, 6) is 0.181. The highest BCUT2D eigenvalue weighted by molar-refractivity contribution is 6.33. The number of nitrogens with one attached hydrogen (secondary N) is 1. The van der Waals surface area contributed by atoms with Crippen molar-refractivity contribution in [1.82, 2.24) is 4.98 Å². The predicted molar refractivity (Wildman–Crippen MR) is 66.1 cm³/mol. The lowest BCUT2D eigenvalue weighted by Gasteiger charge is -2.29. The van der Waals surface area contributed by atoms with Gasteiger partial charge in [0.2, 0.25) is 0 Å². The van der Waals surface area contributed by atoms with Crippen LogP contribution in [-0.2, 0) is 6.18 Å². The molecule has 1 saturated carbocycles. The molecule has 7 heteroatoms. The molecule has 0 saturated heterocycles. The molecule has 0 aromatic carbocycles. The molecule has 1 aromatic rings. The molecule has 106 valence electrons. The van der Waals surface area contributed by atoms with Gasteiger partial charge in [-0.1, -0.05) is 24.4 Å². The smallest absolute Gasteiger partial charge is 0.391 e. The van der Waals surface area contributed by atoms with E-state index in [1.165, 1.54) is 0 Å². The number of aliphatic hydroxyl groups excluding tert-OH is 1. The molecule has 1 fully saturated rings. The first-order valence-corrected chi connectivity index (χ1v) is 6.43. The van der Waals surface area contributed by atoms with Gasteiger partial charge >= 0.3 is 6.18 Å². The van der Waals surface area contributed by atoms with Crippen molar-refractivity contribution in [3.8, 4) is 0 Å². The van der Waals surface area contributed by atoms with Gasteiger partial charge < -0.3 is 10.4 Å². The van der Waals surface area contributed by atoms with Crippen LogP contribution < -0.4 is 5.32 Å². The lowest BCUT2D eigenvalue weighted by molar-refractivity contribution is -0.137. The van der Waals surface area contributed by atoms with Gasteiger partial charge in [0, 0.05) is 6.20 Å². The van der Waals surface area contributed by atoms with Crippen molar-refractivity contribution >= 4 is 17.4 Å². The Kier molecular flexibility index (Phi) is 4.20. The summed E-state index contributed by atoms with van der Waals surface area (Å²) in [4.78, 5) is 3.70. The summed E-state index contributed by atoms with van der Waals surface area (Å²) in [6.07, 6.45) is -0.895. The third kappa shape index (κ3) is 3.51. The first-order valence-electron chi connectivity index (χ1n) is 6.05. The predicted octanol–water partition coefficient (Wildman–Crippen LogP) is 3.47. The molecule has 1 aliphatic carbocycles. The zero-order chi connectivity index (χ0) is 14.0. The fourth-order valence-corrected chi connectivity index (χ4v) is 2.38. The van der Waals surface area contributed by atoms with Crippen LogP contribution >= 0.6 is 11.6 Å². The summed E-state index contributed by atoms with van der Waals surface area (Å²) >= 11 is 5.80. The zero-order valence-corrected chi connectivity index (χ0v) is 10.8. The molecule has 2 N–H and O–H groups in total. The molecule has 1 aliphatic rings. The summed E-state index contributed by atoms with van der Waals surface area (Å²) in [6.45, 7) is 0. The molecule has 0 amide bonds. The molecule has 1 aromatic heterocycles. The van der Waals surface area contributed by atoms with Crippen LogP contribution in [0, 0.1) is 0 Å². The maximum atomic E-state index is 12.5. The summed E-state index contributed by atoms with van der Waals surface area (Å²) in [5.41, 5.74) is -0.882. The van der Waals surface area contributed by atoms with Crippen molar-refractivity contribution in [3.05, 3.63) is 22.8 Å². The van der Waals surface area contributed by atoms with Crippen LogP contribution in [0.1, 0.15) is 31.2 Å². The minimum absolute atomic E-state index is 0.0902. The maximum absolute atomic E-state index is 12.5. The number of halogens is 4. The van der Waals surface area contributed by atoms with Gasteiger partial charge in [0.15, 0.2) is 0 Å². The van der Waals surface area contributed by atoms with Crippen molar-refractivity contribution in [2.75, 3.05) is 5.32 Å². The Morgan fingerprint density at radius 1 is 1.32 bits per heavy atom. The molecule has 0 radical (unpaired) electrons. The van der Waals surface area contributed by atoms with E-state index >= 15 is 0 Å². The summed E-state index contributed by atoms with van der Waals surface area (Å²) in [5, 5.41) is 12.6. The molecular weight excluding hydrogens is 281 g/mol. The van der Waals surface area contributed by atoms with Crippen LogP contribution in [0.3, 0.4) is 0 Å². The average molecular weight is 295 g/mol. The van der Waals surface area contributed by atoms with Gasteiger partial charge in [-0.2, -0.15) is 13.2 Å². The quantitative estimate of drug-likeness (QED) is 0.878. The lowest BCUT2D eigenvalue weighted by atomic mass is 9.92. The second kappa shape index (κ2) is 5.54. The average Bonchev–Trinajstić information content (AvgIpc) is 2.33. The molecule has 0 unspecified atom stereocenters. The molecular formula is C12H14ClF3N2O. The molecule has 0 bridgehead atoms. The molecule has 0 spiro atoms. The van der Waals surface area contributed by atoms with Crippen molar-refractivity contribution in [3.63, 3.8) is 0 Å². The summed E-state index contributed by atoms with van der Waals surface area (Å²) in [7, 11) is 0. The summed E-state index contributed by atoms with van der Waals surface area (Å²) < 4.78 is 37.4. The standard InChI is InChI=1S/C12H14ClF3N2O/c13-8-5-7(12(14,15)16)6-17-11(8)18-9-3-1-2-4-10(9)19/h5-6,9-10,19H,1-4H2,(H,17,18)/t9-,10+/m0/s1. The van der Waals surface area contributed by atoms with Crippen molar-refractivity contribution in [2.45, 2.75) is 44.0 Å². The Labute approximate surface area is 113 Å². The Morgan fingerprint density at radius 3 is 2.58 bits per heavy atom. The highest BCUT2D eigenvalue weighted by Gasteiger charge is 2.32.